The van der Waals surface area contributed by atoms with Gasteiger partial charge in [0.1, 0.15) is 18.3 Å². The zero-order chi connectivity index (χ0) is 33.3. The summed E-state index contributed by atoms with van der Waals surface area (Å²) in [5.41, 5.74) is 2.74. The van der Waals surface area contributed by atoms with Crippen LogP contribution in [0.1, 0.15) is 30.5 Å². The first-order chi connectivity index (χ1) is 22.0. The largest absolute Gasteiger partial charge is 0.497 e. The van der Waals surface area contributed by atoms with Crippen LogP contribution in [0.25, 0.3) is 0 Å². The van der Waals surface area contributed by atoms with Gasteiger partial charge in [-0.05, 0) is 72.5 Å². The SMILES string of the molecule is COc1ccc(N(CC(=O)N(Cc2cccc(Cl)c2)[C@H](Cc2ccccc2)C(=O)NCC(C)C)S(=O)(=O)c2ccc(C)cc2)cc1. The van der Waals surface area contributed by atoms with Crippen molar-refractivity contribution in [3.63, 3.8) is 0 Å². The Kier molecular flexibility index (Phi) is 11.8. The molecule has 4 rings (SSSR count). The number of hydrogen-bond donors (Lipinski definition) is 1. The minimum atomic E-state index is -4.20. The molecular formula is C36H40ClN3O5S. The van der Waals surface area contributed by atoms with E-state index >= 15 is 0 Å². The molecule has 0 aliphatic rings. The van der Waals surface area contributed by atoms with E-state index in [4.69, 9.17) is 16.3 Å². The maximum absolute atomic E-state index is 14.5. The average molecular weight is 662 g/mol. The van der Waals surface area contributed by atoms with Crippen LogP contribution >= 0.6 is 11.6 Å². The second-order valence-electron chi connectivity index (χ2n) is 11.5. The fourth-order valence-corrected chi connectivity index (χ4v) is 6.55. The lowest BCUT2D eigenvalue weighted by Crippen LogP contribution is -2.53. The fourth-order valence-electron chi connectivity index (χ4n) is 4.92. The highest BCUT2D eigenvalue weighted by molar-refractivity contribution is 7.92. The van der Waals surface area contributed by atoms with Crippen LogP contribution in [-0.4, -0.2) is 51.4 Å². The van der Waals surface area contributed by atoms with Gasteiger partial charge in [0.05, 0.1) is 17.7 Å². The van der Waals surface area contributed by atoms with E-state index in [0.717, 1.165) is 15.4 Å². The molecule has 4 aromatic rings. The third-order valence-electron chi connectivity index (χ3n) is 7.45. The molecule has 46 heavy (non-hydrogen) atoms. The monoisotopic (exact) mass is 661 g/mol. The lowest BCUT2D eigenvalue weighted by atomic mass is 10.0. The van der Waals surface area contributed by atoms with Gasteiger partial charge in [0.15, 0.2) is 0 Å². The summed E-state index contributed by atoms with van der Waals surface area (Å²) in [5.74, 6) is -0.156. The normalized spacial score (nSPS) is 12.0. The van der Waals surface area contributed by atoms with Gasteiger partial charge in [0.2, 0.25) is 11.8 Å². The molecule has 0 radical (unpaired) electrons. The first kappa shape index (κ1) is 34.5. The molecule has 0 heterocycles. The Morgan fingerprint density at radius 3 is 2.13 bits per heavy atom. The first-order valence-corrected chi connectivity index (χ1v) is 16.9. The molecule has 1 N–H and O–H groups in total. The number of aryl methyl sites for hydroxylation is 1. The Bertz CT molecular complexity index is 1710. The zero-order valence-electron chi connectivity index (χ0n) is 26.5. The van der Waals surface area contributed by atoms with Crippen molar-refractivity contribution in [2.45, 2.75) is 44.7 Å². The predicted molar refractivity (Wildman–Crippen MR) is 182 cm³/mol. The quantitative estimate of drug-likeness (QED) is 0.172. The molecule has 2 amide bonds. The molecule has 0 aromatic heterocycles. The molecular weight excluding hydrogens is 622 g/mol. The van der Waals surface area contributed by atoms with E-state index in [-0.39, 0.29) is 35.4 Å². The van der Waals surface area contributed by atoms with Gasteiger partial charge < -0.3 is 15.0 Å². The summed E-state index contributed by atoms with van der Waals surface area (Å²) in [6.45, 7) is 5.75. The number of ether oxygens (including phenoxy) is 1. The van der Waals surface area contributed by atoms with Crippen LogP contribution in [0.15, 0.2) is 108 Å². The van der Waals surface area contributed by atoms with Crippen LogP contribution in [0.2, 0.25) is 5.02 Å². The van der Waals surface area contributed by atoms with Crippen LogP contribution in [0.3, 0.4) is 0 Å². The summed E-state index contributed by atoms with van der Waals surface area (Å²) >= 11 is 6.31. The highest BCUT2D eigenvalue weighted by atomic mass is 35.5. The summed E-state index contributed by atoms with van der Waals surface area (Å²) in [7, 11) is -2.68. The van der Waals surface area contributed by atoms with Crippen molar-refractivity contribution in [2.75, 3.05) is 24.5 Å². The molecule has 0 saturated heterocycles. The van der Waals surface area contributed by atoms with E-state index in [1.54, 1.807) is 54.6 Å². The number of hydrogen-bond acceptors (Lipinski definition) is 5. The summed E-state index contributed by atoms with van der Waals surface area (Å²) in [4.78, 5) is 29.9. The molecule has 0 spiro atoms. The van der Waals surface area contributed by atoms with Crippen molar-refractivity contribution in [3.8, 4) is 5.75 Å². The molecule has 242 valence electrons. The highest BCUT2D eigenvalue weighted by Crippen LogP contribution is 2.27. The van der Waals surface area contributed by atoms with Gasteiger partial charge in [0.25, 0.3) is 10.0 Å². The molecule has 1 atom stereocenters. The van der Waals surface area contributed by atoms with E-state index < -0.39 is 28.5 Å². The average Bonchev–Trinajstić information content (AvgIpc) is 3.04. The molecule has 0 bridgehead atoms. The zero-order valence-corrected chi connectivity index (χ0v) is 28.1. The minimum absolute atomic E-state index is 0.0347. The number of nitrogens with zero attached hydrogens (tertiary/aromatic N) is 2. The number of carbonyl (C=O) groups is 2. The minimum Gasteiger partial charge on any atom is -0.497 e. The number of sulfonamides is 1. The Labute approximate surface area is 277 Å². The van der Waals surface area contributed by atoms with E-state index in [2.05, 4.69) is 5.32 Å². The van der Waals surface area contributed by atoms with Crippen LogP contribution in [0.4, 0.5) is 5.69 Å². The van der Waals surface area contributed by atoms with Gasteiger partial charge in [-0.25, -0.2) is 8.42 Å². The first-order valence-electron chi connectivity index (χ1n) is 15.1. The van der Waals surface area contributed by atoms with Crippen molar-refractivity contribution in [1.82, 2.24) is 10.2 Å². The lowest BCUT2D eigenvalue weighted by Gasteiger charge is -2.34. The van der Waals surface area contributed by atoms with Gasteiger partial charge in [-0.3, -0.25) is 13.9 Å². The molecule has 10 heteroatoms. The van der Waals surface area contributed by atoms with Crippen molar-refractivity contribution < 1.29 is 22.7 Å². The third kappa shape index (κ3) is 9.11. The Morgan fingerprint density at radius 1 is 0.870 bits per heavy atom. The van der Waals surface area contributed by atoms with Crippen molar-refractivity contribution in [3.05, 3.63) is 125 Å². The second-order valence-corrected chi connectivity index (χ2v) is 13.8. The van der Waals surface area contributed by atoms with Crippen molar-refractivity contribution >= 4 is 39.1 Å². The molecule has 0 fully saturated rings. The standard InChI is InChI=1S/C36H40ClN3O5S/c1-26(2)23-38-36(42)34(22-28-9-6-5-7-10-28)39(24-29-11-8-12-30(37)21-29)35(41)25-40(31-15-17-32(45-4)18-16-31)46(43,44)33-19-13-27(3)14-20-33/h5-21,26,34H,22-25H2,1-4H3,(H,38,42)/t34-/m1/s1. The number of nitrogens with one attached hydrogen (secondary N) is 1. The fraction of sp³-hybridized carbons (Fsp3) is 0.278. The number of carbonyl (C=O) groups excluding carboxylic acids is 2. The number of halogens is 1. The second kappa shape index (κ2) is 15.8. The summed E-state index contributed by atoms with van der Waals surface area (Å²) < 4.78 is 34.7. The van der Waals surface area contributed by atoms with Gasteiger partial charge in [-0.1, -0.05) is 85.6 Å². The van der Waals surface area contributed by atoms with Gasteiger partial charge >= 0.3 is 0 Å². The number of rotatable bonds is 14. The summed E-state index contributed by atoms with van der Waals surface area (Å²) in [6.07, 6.45) is 0.227. The van der Waals surface area contributed by atoms with Crippen molar-refractivity contribution in [1.29, 1.82) is 0 Å². The van der Waals surface area contributed by atoms with E-state index in [0.29, 0.717) is 22.9 Å². The predicted octanol–water partition coefficient (Wildman–Crippen LogP) is 6.26. The van der Waals surface area contributed by atoms with Crippen molar-refractivity contribution in [2.24, 2.45) is 5.92 Å². The Balaban J connectivity index is 1.80. The van der Waals surface area contributed by atoms with E-state index in [1.807, 2.05) is 57.2 Å². The van der Waals surface area contributed by atoms with Gasteiger partial charge in [-0.2, -0.15) is 0 Å². The lowest BCUT2D eigenvalue weighted by molar-refractivity contribution is -0.140. The van der Waals surface area contributed by atoms with Gasteiger partial charge in [-0.15, -0.1) is 0 Å². The molecule has 4 aromatic carbocycles. The molecule has 0 aliphatic heterocycles. The van der Waals surface area contributed by atoms with Crippen LogP contribution in [-0.2, 0) is 32.6 Å². The van der Waals surface area contributed by atoms with Crippen LogP contribution in [0, 0.1) is 12.8 Å². The molecule has 0 aliphatic carbocycles. The third-order valence-corrected chi connectivity index (χ3v) is 9.47. The molecule has 0 unspecified atom stereocenters. The van der Waals surface area contributed by atoms with Crippen LogP contribution in [0.5, 0.6) is 5.75 Å². The van der Waals surface area contributed by atoms with Crippen LogP contribution < -0.4 is 14.4 Å². The number of methoxy groups -OCH3 is 1. The summed E-state index contributed by atoms with van der Waals surface area (Å²) in [5, 5.41) is 3.47. The highest BCUT2D eigenvalue weighted by Gasteiger charge is 2.34. The molecule has 0 saturated carbocycles. The molecule has 8 nitrogen and oxygen atoms in total. The Morgan fingerprint density at radius 2 is 1.52 bits per heavy atom. The van der Waals surface area contributed by atoms with Gasteiger partial charge in [0, 0.05) is 24.5 Å². The maximum Gasteiger partial charge on any atom is 0.264 e. The van der Waals surface area contributed by atoms with E-state index in [9.17, 15) is 18.0 Å². The maximum atomic E-state index is 14.5. The van der Waals surface area contributed by atoms with E-state index in [1.165, 1.54) is 24.1 Å². The number of amides is 2. The topological polar surface area (TPSA) is 96.0 Å². The number of anilines is 1. The smallest absolute Gasteiger partial charge is 0.264 e. The summed E-state index contributed by atoms with van der Waals surface area (Å²) in [6, 6.07) is 28.5. The number of benzene rings is 4. The Hall–Kier alpha value is -4.34.